The van der Waals surface area contributed by atoms with E-state index in [0.717, 1.165) is 4.90 Å². The van der Waals surface area contributed by atoms with Crippen LogP contribution in [0.5, 0.6) is 11.5 Å². The number of imide groups is 2. The number of hydrogen-bond donors (Lipinski definition) is 1. The minimum atomic E-state index is -2.75. The molecule has 2 aliphatic carbocycles. The number of phenols is 1. The number of methoxy groups -OCH3 is 1. The second-order valence-electron chi connectivity index (χ2n) is 12.8. The summed E-state index contributed by atoms with van der Waals surface area (Å²) in [6.45, 7) is 4.96. The fourth-order valence-electron chi connectivity index (χ4n) is 7.46. The molecule has 15 heteroatoms. The van der Waals surface area contributed by atoms with Gasteiger partial charge in [-0.1, -0.05) is 11.6 Å². The third kappa shape index (κ3) is 3.90. The van der Waals surface area contributed by atoms with Crippen molar-refractivity contribution < 1.29 is 51.0 Å². The Labute approximate surface area is 268 Å². The van der Waals surface area contributed by atoms with Crippen molar-refractivity contribution in [3.8, 4) is 11.5 Å². The highest BCUT2D eigenvalue weighted by molar-refractivity contribution is 6.58. The molecule has 0 radical (unpaired) electrons. The van der Waals surface area contributed by atoms with E-state index >= 15 is 8.78 Å². The summed E-state index contributed by atoms with van der Waals surface area (Å²) in [5.74, 6) is -21.7. The summed E-state index contributed by atoms with van der Waals surface area (Å²) in [6, 6.07) is 3.83. The summed E-state index contributed by atoms with van der Waals surface area (Å²) in [4.78, 5) is 51.3. The number of anilines is 1. The molecule has 4 amide bonds. The van der Waals surface area contributed by atoms with Crippen molar-refractivity contribution in [1.82, 2.24) is 4.90 Å². The second-order valence-corrected chi connectivity index (χ2v) is 14.0. The van der Waals surface area contributed by atoms with E-state index in [4.69, 9.17) is 27.9 Å². The number of halogens is 7. The molecule has 2 aliphatic heterocycles. The van der Waals surface area contributed by atoms with Crippen molar-refractivity contribution in [2.24, 2.45) is 17.8 Å². The lowest BCUT2D eigenvalue weighted by atomic mass is 9.56. The van der Waals surface area contributed by atoms with Crippen LogP contribution in [-0.2, 0) is 19.2 Å². The van der Waals surface area contributed by atoms with Crippen LogP contribution in [0.2, 0.25) is 0 Å². The third-order valence-corrected chi connectivity index (χ3v) is 10.9. The lowest BCUT2D eigenvalue weighted by molar-refractivity contribution is -0.145. The van der Waals surface area contributed by atoms with Crippen LogP contribution >= 0.6 is 23.2 Å². The lowest BCUT2D eigenvalue weighted by Crippen LogP contribution is -2.60. The molecule has 3 fully saturated rings. The summed E-state index contributed by atoms with van der Waals surface area (Å²) in [7, 11) is 1.30. The number of fused-ring (bicyclic) bond motifs is 4. The maximum Gasteiger partial charge on any atom is 0.258 e. The van der Waals surface area contributed by atoms with Gasteiger partial charge in [-0.3, -0.25) is 24.1 Å². The topological polar surface area (TPSA) is 104 Å². The monoisotopic (exact) mass is 686 g/mol. The molecule has 0 unspecified atom stereocenters. The van der Waals surface area contributed by atoms with Gasteiger partial charge in [-0.2, -0.15) is 0 Å². The van der Waals surface area contributed by atoms with E-state index in [1.807, 2.05) is 0 Å². The summed E-state index contributed by atoms with van der Waals surface area (Å²) in [5.41, 5.74) is -2.75. The van der Waals surface area contributed by atoms with E-state index in [9.17, 15) is 37.5 Å². The highest BCUT2D eigenvalue weighted by Gasteiger charge is 2.77. The van der Waals surface area contributed by atoms with E-state index in [1.54, 1.807) is 26.8 Å². The fraction of sp³-hybridized carbons (Fsp3) is 0.419. The van der Waals surface area contributed by atoms with Gasteiger partial charge in [0.25, 0.3) is 11.8 Å². The summed E-state index contributed by atoms with van der Waals surface area (Å²) >= 11 is 14.1. The zero-order chi connectivity index (χ0) is 34.0. The number of aromatic hydroxyl groups is 1. The van der Waals surface area contributed by atoms with Gasteiger partial charge in [-0.15, -0.1) is 23.2 Å². The summed E-state index contributed by atoms with van der Waals surface area (Å²) in [5, 5.41) is 11.1. The predicted molar refractivity (Wildman–Crippen MR) is 153 cm³/mol. The molecule has 2 aromatic rings. The standard InChI is InChI=1S/C31H25Cl2F5N2O6/c1-29(2,3)40-25(42)13-7-6-12-15(17(13)26(40)43)10-30(32)27(44)39(24-22(37)20(35)19(34)21(36)23(24)38)28(45)31(30,33)18(12)14-9-11(46-4)5-8-16(14)41/h5-6,8-9,13,15,17-18,41H,7,10H2,1-4H3/t13-,15+,17-,18+,30+,31-/m0/s1. The molecule has 6 rings (SSSR count). The molecule has 2 saturated heterocycles. The van der Waals surface area contributed by atoms with E-state index in [1.165, 1.54) is 25.3 Å². The SMILES string of the molecule is COc1ccc(O)c([C@H]2C3=CC[C@@H]4C(=O)N(C(C)(C)C)C(=O)[C@@H]4[C@@H]3C[C@@]3(Cl)C(=O)N(c4c(F)c(F)c(F)c(F)c4F)C(=O)[C@@]23Cl)c1. The minimum Gasteiger partial charge on any atom is -0.508 e. The molecule has 2 aromatic carbocycles. The number of alkyl halides is 2. The quantitative estimate of drug-likeness (QED) is 0.115. The molecule has 0 spiro atoms. The van der Waals surface area contributed by atoms with Crippen LogP contribution in [0, 0.1) is 46.8 Å². The van der Waals surface area contributed by atoms with Gasteiger partial charge in [0.2, 0.25) is 17.6 Å². The number of nitrogens with zero attached hydrogens (tertiary/aromatic N) is 2. The number of carbonyl (C=O) groups excluding carboxylic acids is 4. The van der Waals surface area contributed by atoms with E-state index < -0.39 is 110 Å². The van der Waals surface area contributed by atoms with Gasteiger partial charge >= 0.3 is 0 Å². The number of allylic oxidation sites excluding steroid dienone is 2. The lowest BCUT2D eigenvalue weighted by Gasteiger charge is -2.50. The Morgan fingerprint density at radius 1 is 0.891 bits per heavy atom. The summed E-state index contributed by atoms with van der Waals surface area (Å²) < 4.78 is 78.2. The largest absolute Gasteiger partial charge is 0.508 e. The first-order valence-corrected chi connectivity index (χ1v) is 14.8. The molecule has 6 atom stereocenters. The highest BCUT2D eigenvalue weighted by Crippen LogP contribution is 2.67. The highest BCUT2D eigenvalue weighted by atomic mass is 35.5. The molecule has 0 bridgehead atoms. The van der Waals surface area contributed by atoms with Crippen molar-refractivity contribution in [3.05, 3.63) is 64.5 Å². The first-order chi connectivity index (χ1) is 21.3. The zero-order valence-electron chi connectivity index (χ0n) is 24.6. The van der Waals surface area contributed by atoms with Crippen molar-refractivity contribution in [2.75, 3.05) is 12.0 Å². The fourth-order valence-corrected chi connectivity index (χ4v) is 8.39. The molecule has 8 nitrogen and oxygen atoms in total. The Kier molecular flexibility index (Phi) is 7.11. The van der Waals surface area contributed by atoms with Crippen molar-refractivity contribution in [3.63, 3.8) is 0 Å². The van der Waals surface area contributed by atoms with E-state index in [-0.39, 0.29) is 28.2 Å². The number of phenolic OH excluding ortho intramolecular Hbond substituents is 1. The van der Waals surface area contributed by atoms with Crippen molar-refractivity contribution in [1.29, 1.82) is 0 Å². The Morgan fingerprint density at radius 3 is 2.04 bits per heavy atom. The maximum absolute atomic E-state index is 15.1. The number of hydrogen-bond acceptors (Lipinski definition) is 6. The number of amides is 4. The molecule has 0 aromatic heterocycles. The minimum absolute atomic E-state index is 0.0133. The van der Waals surface area contributed by atoms with Crippen molar-refractivity contribution in [2.45, 2.75) is 54.8 Å². The Morgan fingerprint density at radius 2 is 1.48 bits per heavy atom. The maximum atomic E-state index is 15.1. The third-order valence-electron chi connectivity index (χ3n) is 9.44. The number of likely N-dealkylation sites (tertiary alicyclic amines) is 1. The van der Waals surface area contributed by atoms with E-state index in [2.05, 4.69) is 0 Å². The van der Waals surface area contributed by atoms with Crippen LogP contribution in [-0.4, -0.2) is 56.0 Å². The summed E-state index contributed by atoms with van der Waals surface area (Å²) in [6.07, 6.45) is 0.895. The van der Waals surface area contributed by atoms with Gasteiger partial charge in [-0.05, 0) is 57.7 Å². The Bertz CT molecular complexity index is 1780. The predicted octanol–water partition coefficient (Wildman–Crippen LogP) is 5.46. The molecule has 244 valence electrons. The smallest absolute Gasteiger partial charge is 0.258 e. The number of benzene rings is 2. The first kappa shape index (κ1) is 32.2. The van der Waals surface area contributed by atoms with Crippen molar-refractivity contribution >= 4 is 52.5 Å². The van der Waals surface area contributed by atoms with Gasteiger partial charge < -0.3 is 9.84 Å². The number of ether oxygens (including phenoxy) is 1. The molecular formula is C31H25Cl2F5N2O6. The Balaban J connectivity index is 1.62. The van der Waals surface area contributed by atoms with Crippen LogP contribution in [0.3, 0.4) is 0 Å². The average Bonchev–Trinajstić information content (AvgIpc) is 3.34. The number of rotatable bonds is 3. The van der Waals surface area contributed by atoms with Gasteiger partial charge in [0.15, 0.2) is 33.0 Å². The van der Waals surface area contributed by atoms with Crippen LogP contribution in [0.1, 0.15) is 45.1 Å². The van der Waals surface area contributed by atoms with Crippen LogP contribution in [0.25, 0.3) is 0 Å². The van der Waals surface area contributed by atoms with E-state index in [0.29, 0.717) is 0 Å². The van der Waals surface area contributed by atoms with Crippen LogP contribution < -0.4 is 9.64 Å². The van der Waals surface area contributed by atoms with Crippen LogP contribution in [0.4, 0.5) is 27.6 Å². The number of carbonyl (C=O) groups is 4. The van der Waals surface area contributed by atoms with Gasteiger partial charge in [0.05, 0.1) is 18.9 Å². The first-order valence-electron chi connectivity index (χ1n) is 14.1. The van der Waals surface area contributed by atoms with Gasteiger partial charge in [-0.25, -0.2) is 26.9 Å². The second kappa shape index (κ2) is 10.1. The van der Waals surface area contributed by atoms with Crippen LogP contribution in [0.15, 0.2) is 29.8 Å². The molecule has 46 heavy (non-hydrogen) atoms. The average molecular weight is 687 g/mol. The molecule has 2 heterocycles. The Hall–Kier alpha value is -3.71. The molecule has 1 saturated carbocycles. The molecule has 1 N–H and O–H groups in total. The zero-order valence-corrected chi connectivity index (χ0v) is 26.1. The van der Waals surface area contributed by atoms with Gasteiger partial charge in [0, 0.05) is 17.0 Å². The van der Waals surface area contributed by atoms with Gasteiger partial charge in [0.1, 0.15) is 17.2 Å². The normalized spacial score (nSPS) is 30.8. The molecule has 4 aliphatic rings. The molecular weight excluding hydrogens is 662 g/mol.